The second kappa shape index (κ2) is 6.54. The molecule has 130 valence electrons. The van der Waals surface area contributed by atoms with Crippen molar-refractivity contribution in [3.63, 3.8) is 0 Å². The van der Waals surface area contributed by atoms with E-state index in [0.29, 0.717) is 0 Å². The van der Waals surface area contributed by atoms with Crippen LogP contribution in [0.25, 0.3) is 0 Å². The molecular weight excluding hydrogens is 380 g/mol. The third-order valence-electron chi connectivity index (χ3n) is 3.77. The molecule has 0 spiro atoms. The molecule has 1 unspecified atom stereocenters. The summed E-state index contributed by atoms with van der Waals surface area (Å²) >= 11 is 11.6. The number of alkyl halides is 3. The Kier molecular flexibility index (Phi) is 4.98. The third-order valence-corrected chi connectivity index (χ3v) is 4.42. The van der Waals surface area contributed by atoms with Crippen molar-refractivity contribution in [2.24, 2.45) is 0 Å². The Balaban J connectivity index is 2.67. The molecule has 1 atom stereocenters. The van der Waals surface area contributed by atoms with Crippen molar-refractivity contribution in [2.45, 2.75) is 18.5 Å². The fourth-order valence-corrected chi connectivity index (χ4v) is 2.95. The van der Waals surface area contributed by atoms with Crippen molar-refractivity contribution in [1.29, 1.82) is 5.26 Å². The Morgan fingerprint density at radius 2 is 1.72 bits per heavy atom. The minimum absolute atomic E-state index is 0.0162. The maximum atomic E-state index is 13.1. The first-order valence-electron chi connectivity index (χ1n) is 6.73. The first kappa shape index (κ1) is 19.0. The van der Waals surface area contributed by atoms with Crippen LogP contribution in [0.3, 0.4) is 0 Å². The lowest BCUT2D eigenvalue weighted by Gasteiger charge is -2.25. The fourth-order valence-electron chi connectivity index (χ4n) is 2.36. The highest BCUT2D eigenvalue weighted by atomic mass is 35.5. The molecule has 0 radical (unpaired) electrons. The Morgan fingerprint density at radius 1 is 1.08 bits per heavy atom. The van der Waals surface area contributed by atoms with Crippen LogP contribution in [0.1, 0.15) is 23.6 Å². The van der Waals surface area contributed by atoms with E-state index in [1.165, 1.54) is 19.1 Å². The second-order valence-electron chi connectivity index (χ2n) is 5.35. The van der Waals surface area contributed by atoms with Gasteiger partial charge in [0.1, 0.15) is 5.41 Å². The number of non-ortho nitro benzene ring substituents is 1. The number of nitriles is 1. The van der Waals surface area contributed by atoms with Crippen LogP contribution in [0, 0.1) is 21.4 Å². The lowest BCUT2D eigenvalue weighted by Crippen LogP contribution is -2.23. The molecule has 0 amide bonds. The normalized spacial score (nSPS) is 13.8. The summed E-state index contributed by atoms with van der Waals surface area (Å²) in [4.78, 5) is 10.1. The molecule has 2 aromatic carbocycles. The maximum Gasteiger partial charge on any atom is 0.417 e. The van der Waals surface area contributed by atoms with Gasteiger partial charge in [-0.15, -0.1) is 0 Å². The summed E-state index contributed by atoms with van der Waals surface area (Å²) in [5.41, 5.74) is -2.76. The number of nitro groups is 1. The minimum Gasteiger partial charge on any atom is -0.258 e. The zero-order valence-electron chi connectivity index (χ0n) is 12.6. The van der Waals surface area contributed by atoms with Crippen molar-refractivity contribution >= 4 is 28.9 Å². The summed E-state index contributed by atoms with van der Waals surface area (Å²) in [5.74, 6) is 0. The van der Waals surface area contributed by atoms with E-state index in [2.05, 4.69) is 0 Å². The average molecular weight is 389 g/mol. The lowest BCUT2D eigenvalue weighted by molar-refractivity contribution is -0.384. The highest BCUT2D eigenvalue weighted by molar-refractivity contribution is 6.32. The van der Waals surface area contributed by atoms with E-state index in [-0.39, 0.29) is 21.8 Å². The molecule has 0 aromatic heterocycles. The number of halogens is 5. The predicted octanol–water partition coefficient (Wildman–Crippen LogP) is 5.75. The molecule has 2 aromatic rings. The van der Waals surface area contributed by atoms with Crippen LogP contribution in [0.2, 0.25) is 10.0 Å². The van der Waals surface area contributed by atoms with Gasteiger partial charge < -0.3 is 0 Å². The quantitative estimate of drug-likeness (QED) is 0.496. The molecule has 25 heavy (non-hydrogen) atoms. The number of nitrogens with zero attached hydrogens (tertiary/aromatic N) is 2. The van der Waals surface area contributed by atoms with Gasteiger partial charge in [-0.1, -0.05) is 29.3 Å². The topological polar surface area (TPSA) is 66.9 Å². The van der Waals surface area contributed by atoms with E-state index < -0.39 is 27.1 Å². The first-order valence-corrected chi connectivity index (χ1v) is 7.49. The highest BCUT2D eigenvalue weighted by Crippen LogP contribution is 2.41. The van der Waals surface area contributed by atoms with E-state index in [4.69, 9.17) is 23.2 Å². The van der Waals surface area contributed by atoms with Gasteiger partial charge in [0.15, 0.2) is 0 Å². The van der Waals surface area contributed by atoms with Crippen LogP contribution in [-0.2, 0) is 11.6 Å². The van der Waals surface area contributed by atoms with E-state index in [9.17, 15) is 28.5 Å². The SMILES string of the molecule is CC(C#N)(c1ccc(Cl)c(C(F)(F)F)c1)c1ccc([N+](=O)[O-])cc1Cl. The van der Waals surface area contributed by atoms with E-state index in [0.717, 1.165) is 24.3 Å². The van der Waals surface area contributed by atoms with Gasteiger partial charge in [0.05, 0.1) is 26.6 Å². The van der Waals surface area contributed by atoms with Crippen LogP contribution in [-0.4, -0.2) is 4.92 Å². The van der Waals surface area contributed by atoms with Gasteiger partial charge in [-0.25, -0.2) is 0 Å². The van der Waals surface area contributed by atoms with Crippen molar-refractivity contribution in [1.82, 2.24) is 0 Å². The van der Waals surface area contributed by atoms with Crippen LogP contribution >= 0.6 is 23.2 Å². The molecule has 0 saturated heterocycles. The standard InChI is InChI=1S/C16H9Cl2F3N2O2/c1-15(8-22,11-4-3-10(23(24)25)7-14(11)18)9-2-5-13(17)12(6-9)16(19,20)21/h2-7H,1H3. The first-order chi connectivity index (χ1) is 11.5. The molecule has 0 aliphatic heterocycles. The molecule has 4 nitrogen and oxygen atoms in total. The van der Waals surface area contributed by atoms with Gasteiger partial charge in [0.25, 0.3) is 5.69 Å². The van der Waals surface area contributed by atoms with Gasteiger partial charge >= 0.3 is 6.18 Å². The number of rotatable bonds is 3. The molecule has 0 bridgehead atoms. The molecule has 0 saturated carbocycles. The molecule has 0 aliphatic carbocycles. The predicted molar refractivity (Wildman–Crippen MR) is 86.6 cm³/mol. The molecule has 9 heteroatoms. The number of benzene rings is 2. The Labute approximate surface area is 150 Å². The van der Waals surface area contributed by atoms with Gasteiger partial charge in [-0.2, -0.15) is 18.4 Å². The van der Waals surface area contributed by atoms with Crippen molar-refractivity contribution in [2.75, 3.05) is 0 Å². The van der Waals surface area contributed by atoms with E-state index >= 15 is 0 Å². The Bertz CT molecular complexity index is 894. The zero-order chi connectivity index (χ0) is 19.0. The van der Waals surface area contributed by atoms with Crippen molar-refractivity contribution in [3.05, 3.63) is 73.2 Å². The van der Waals surface area contributed by atoms with Crippen molar-refractivity contribution in [3.8, 4) is 6.07 Å². The monoisotopic (exact) mass is 388 g/mol. The molecule has 0 aliphatic rings. The number of hydrogen-bond acceptors (Lipinski definition) is 3. The molecule has 0 N–H and O–H groups in total. The van der Waals surface area contributed by atoms with Crippen LogP contribution in [0.4, 0.5) is 18.9 Å². The van der Waals surface area contributed by atoms with E-state index in [1.807, 2.05) is 6.07 Å². The fraction of sp³-hybridized carbons (Fsp3) is 0.188. The van der Waals surface area contributed by atoms with Gasteiger partial charge in [0.2, 0.25) is 0 Å². The summed E-state index contributed by atoms with van der Waals surface area (Å²) in [7, 11) is 0. The summed E-state index contributed by atoms with van der Waals surface area (Å²) in [6.45, 7) is 1.38. The smallest absolute Gasteiger partial charge is 0.258 e. The highest BCUT2D eigenvalue weighted by Gasteiger charge is 2.37. The number of hydrogen-bond donors (Lipinski definition) is 0. The average Bonchev–Trinajstić information content (AvgIpc) is 2.53. The summed E-state index contributed by atoms with van der Waals surface area (Å²) < 4.78 is 39.2. The largest absolute Gasteiger partial charge is 0.417 e. The van der Waals surface area contributed by atoms with Crippen molar-refractivity contribution < 1.29 is 18.1 Å². The summed E-state index contributed by atoms with van der Waals surface area (Å²) in [6, 6.07) is 8.50. The summed E-state index contributed by atoms with van der Waals surface area (Å²) in [6.07, 6.45) is -4.69. The molecular formula is C16H9Cl2F3N2O2. The third kappa shape index (κ3) is 3.55. The molecule has 0 fully saturated rings. The molecule has 0 heterocycles. The van der Waals surface area contributed by atoms with E-state index in [1.54, 1.807) is 0 Å². The summed E-state index contributed by atoms with van der Waals surface area (Å²) in [5, 5.41) is 19.8. The van der Waals surface area contributed by atoms with Crippen LogP contribution in [0.5, 0.6) is 0 Å². The second-order valence-corrected chi connectivity index (χ2v) is 6.16. The van der Waals surface area contributed by atoms with Gasteiger partial charge in [-0.3, -0.25) is 10.1 Å². The number of nitro benzene ring substituents is 1. The van der Waals surface area contributed by atoms with Gasteiger partial charge in [-0.05, 0) is 36.2 Å². The van der Waals surface area contributed by atoms with Gasteiger partial charge in [0, 0.05) is 12.1 Å². The lowest BCUT2D eigenvalue weighted by atomic mass is 9.77. The zero-order valence-corrected chi connectivity index (χ0v) is 14.1. The molecule has 2 rings (SSSR count). The maximum absolute atomic E-state index is 13.1. The Hall–Kier alpha value is -2.30. The Morgan fingerprint density at radius 3 is 2.20 bits per heavy atom. The van der Waals surface area contributed by atoms with Crippen LogP contribution < -0.4 is 0 Å². The van der Waals surface area contributed by atoms with Crippen LogP contribution in [0.15, 0.2) is 36.4 Å². The minimum atomic E-state index is -4.69.